The van der Waals surface area contributed by atoms with Crippen LogP contribution in [0.25, 0.3) is 0 Å². The van der Waals surface area contributed by atoms with E-state index in [1.54, 1.807) is 6.92 Å². The Morgan fingerprint density at radius 1 is 0.804 bits per heavy atom. The van der Waals surface area contributed by atoms with Crippen LogP contribution in [0.3, 0.4) is 0 Å². The van der Waals surface area contributed by atoms with Crippen molar-refractivity contribution >= 4 is 0 Å². The van der Waals surface area contributed by atoms with Crippen LogP contribution in [0.1, 0.15) is 86.0 Å². The lowest BCUT2D eigenvalue weighted by Crippen LogP contribution is -2.64. The molecule has 9 unspecified atom stereocenters. The molecule has 12 heteroatoms. The van der Waals surface area contributed by atoms with Crippen molar-refractivity contribution in [1.82, 2.24) is 0 Å². The summed E-state index contributed by atoms with van der Waals surface area (Å²) in [6, 6.07) is 0. The highest BCUT2D eigenvalue weighted by molar-refractivity contribution is 5.18. The molecule has 9 aliphatic rings. The molecule has 5 heterocycles. The summed E-state index contributed by atoms with van der Waals surface area (Å²) in [5.74, 6) is 3.74. The molecule has 4 saturated carbocycles. The van der Waals surface area contributed by atoms with Crippen LogP contribution in [0.2, 0.25) is 0 Å². The highest BCUT2D eigenvalue weighted by atomic mass is 16.8. The summed E-state index contributed by atoms with van der Waals surface area (Å²) < 4.78 is 37.7. The van der Waals surface area contributed by atoms with Gasteiger partial charge in [-0.05, 0) is 113 Å². The number of hydrogen-bond donors (Lipinski definition) is 6. The van der Waals surface area contributed by atoms with Crippen molar-refractivity contribution in [3.8, 4) is 0 Å². The average Bonchev–Trinajstić information content (AvgIpc) is 3.29. The molecule has 0 radical (unpaired) electrons. The Balaban J connectivity index is 0.963. The summed E-state index contributed by atoms with van der Waals surface area (Å²) in [6.45, 7) is 11.2. The van der Waals surface area contributed by atoms with Crippen molar-refractivity contribution in [1.29, 1.82) is 0 Å². The second-order valence-corrected chi connectivity index (χ2v) is 18.2. The van der Waals surface area contributed by atoms with E-state index in [9.17, 15) is 30.6 Å². The van der Waals surface area contributed by atoms with Crippen LogP contribution >= 0.6 is 0 Å². The van der Waals surface area contributed by atoms with Crippen LogP contribution < -0.4 is 0 Å². The van der Waals surface area contributed by atoms with Crippen LogP contribution in [0.15, 0.2) is 11.6 Å². The predicted molar refractivity (Wildman–Crippen MR) is 181 cm³/mol. The van der Waals surface area contributed by atoms with E-state index in [0.29, 0.717) is 41.4 Å². The molecule has 0 aromatic carbocycles. The van der Waals surface area contributed by atoms with Gasteiger partial charge in [0.25, 0.3) is 0 Å². The molecule has 4 aliphatic carbocycles. The molecule has 0 amide bonds. The number of ether oxygens (including phenoxy) is 6. The van der Waals surface area contributed by atoms with Gasteiger partial charge in [-0.25, -0.2) is 0 Å². The third-order valence-electron chi connectivity index (χ3n) is 15.5. The lowest BCUT2D eigenvalue weighted by molar-refractivity contribution is -0.371. The van der Waals surface area contributed by atoms with Crippen molar-refractivity contribution in [2.24, 2.45) is 52.3 Å². The van der Waals surface area contributed by atoms with E-state index in [0.717, 1.165) is 38.7 Å². The van der Waals surface area contributed by atoms with E-state index in [4.69, 9.17) is 28.4 Å². The van der Waals surface area contributed by atoms with E-state index in [1.165, 1.54) is 24.8 Å². The minimum atomic E-state index is -1.60. The zero-order valence-corrected chi connectivity index (χ0v) is 30.8. The maximum absolute atomic E-state index is 11.1. The van der Waals surface area contributed by atoms with Crippen LogP contribution in [0.5, 0.6) is 0 Å². The fraction of sp³-hybridized carbons (Fsp3) is 0.949. The van der Waals surface area contributed by atoms with Crippen molar-refractivity contribution in [3.05, 3.63) is 11.6 Å². The van der Waals surface area contributed by atoms with Crippen LogP contribution in [-0.2, 0) is 28.4 Å². The smallest absolute Gasteiger partial charge is 0.187 e. The first-order valence-corrected chi connectivity index (χ1v) is 19.8. The van der Waals surface area contributed by atoms with E-state index >= 15 is 0 Å². The number of allylic oxidation sites excluding steroid dienone is 1. The molecule has 51 heavy (non-hydrogen) atoms. The van der Waals surface area contributed by atoms with Crippen LogP contribution in [-0.4, -0.2) is 124 Å². The minimum Gasteiger partial charge on any atom is -0.394 e. The van der Waals surface area contributed by atoms with E-state index < -0.39 is 68.0 Å². The molecule has 12 nitrogen and oxygen atoms in total. The highest BCUT2D eigenvalue weighted by Crippen LogP contribution is 2.71. The Morgan fingerprint density at radius 2 is 1.59 bits per heavy atom. The summed E-state index contributed by atoms with van der Waals surface area (Å²) >= 11 is 0. The first-order chi connectivity index (χ1) is 24.3. The fourth-order valence-electron chi connectivity index (χ4n) is 13.0. The van der Waals surface area contributed by atoms with Gasteiger partial charge in [0.15, 0.2) is 18.9 Å². The molecular weight excluding hydrogens is 660 g/mol. The second-order valence-electron chi connectivity index (χ2n) is 18.2. The lowest BCUT2D eigenvalue weighted by Gasteiger charge is -2.61. The zero-order valence-electron chi connectivity index (χ0n) is 30.8. The van der Waals surface area contributed by atoms with Gasteiger partial charge in [0, 0.05) is 11.3 Å². The molecular formula is C39H62O12. The number of aliphatic hydroxyl groups excluding tert-OH is 6. The quantitative estimate of drug-likeness (QED) is 0.175. The third kappa shape index (κ3) is 5.93. The fourth-order valence-corrected chi connectivity index (χ4v) is 13.0. The topological polar surface area (TPSA) is 177 Å². The van der Waals surface area contributed by atoms with E-state index in [2.05, 4.69) is 33.8 Å². The molecule has 0 aromatic heterocycles. The van der Waals surface area contributed by atoms with Crippen LogP contribution in [0, 0.1) is 52.3 Å². The van der Waals surface area contributed by atoms with Crippen molar-refractivity contribution in [2.75, 3.05) is 13.2 Å². The molecule has 0 aromatic rings. The Bertz CT molecular complexity index is 1290. The average molecular weight is 723 g/mol. The maximum Gasteiger partial charge on any atom is 0.187 e. The summed E-state index contributed by atoms with van der Waals surface area (Å²) in [7, 11) is 0. The molecule has 9 fully saturated rings. The zero-order chi connectivity index (χ0) is 36.1. The van der Waals surface area contributed by atoms with Gasteiger partial charge in [0.05, 0.1) is 31.5 Å². The van der Waals surface area contributed by atoms with Gasteiger partial charge in [-0.2, -0.15) is 0 Å². The van der Waals surface area contributed by atoms with Gasteiger partial charge < -0.3 is 59.1 Å². The largest absolute Gasteiger partial charge is 0.394 e. The Kier molecular flexibility index (Phi) is 10.0. The van der Waals surface area contributed by atoms with Gasteiger partial charge >= 0.3 is 0 Å². The van der Waals surface area contributed by atoms with Crippen LogP contribution in [0.4, 0.5) is 0 Å². The minimum absolute atomic E-state index is 0.129. The molecule has 9 rings (SSSR count). The van der Waals surface area contributed by atoms with E-state index in [-0.39, 0.29) is 29.3 Å². The molecule has 5 saturated heterocycles. The van der Waals surface area contributed by atoms with Gasteiger partial charge in [0.1, 0.15) is 42.7 Å². The summed E-state index contributed by atoms with van der Waals surface area (Å²) in [6.07, 6.45) is -2.39. The Hall–Kier alpha value is -0.740. The van der Waals surface area contributed by atoms with Crippen molar-refractivity contribution in [3.63, 3.8) is 0 Å². The maximum atomic E-state index is 11.1. The number of rotatable bonds is 6. The van der Waals surface area contributed by atoms with E-state index in [1.807, 2.05) is 0 Å². The van der Waals surface area contributed by atoms with Gasteiger partial charge in [-0.3, -0.25) is 0 Å². The molecule has 4 bridgehead atoms. The summed E-state index contributed by atoms with van der Waals surface area (Å²) in [5, 5.41) is 63.0. The monoisotopic (exact) mass is 722 g/mol. The molecule has 6 N–H and O–H groups in total. The van der Waals surface area contributed by atoms with Gasteiger partial charge in [-0.15, -0.1) is 0 Å². The van der Waals surface area contributed by atoms with Gasteiger partial charge in [-0.1, -0.05) is 25.5 Å². The molecule has 5 aliphatic heterocycles. The SMILES string of the molecule is CC(C)=C[C@@H]1C(C)C2C3CC4C5CCC6C[C@@H](O[C@@H]7O[C@H](CO)[C@@H](O)[C@H](O)C7OC7O[C@@H](C)[C@H](O)[C@@H](O)[C@H]7O)CC[C@]6(C)C5CC[C@@]42CO[C@H]1O3. The number of fused-ring (bicyclic) bond motifs is 6. The second kappa shape index (κ2) is 13.8. The Labute approximate surface area is 301 Å². The summed E-state index contributed by atoms with van der Waals surface area (Å²) in [5.41, 5.74) is 1.69. The van der Waals surface area contributed by atoms with Crippen molar-refractivity contribution < 1.29 is 59.1 Å². The molecule has 290 valence electrons. The first-order valence-electron chi connectivity index (χ1n) is 19.8. The third-order valence-corrected chi connectivity index (χ3v) is 15.5. The highest BCUT2D eigenvalue weighted by Gasteiger charge is 2.69. The lowest BCUT2D eigenvalue weighted by atomic mass is 9.44. The standard InChI is InChI=1S/C39H62O12/c1-17(2)12-23-18(3)28-26-14-25-22-7-6-20-13-21(8-10-38(20,5)24(22)9-11-39(25,28)16-46-35(23)49-26)48-37-34(32(44)30(42)27(15-40)50-37)51-36-33(45)31(43)29(41)19(4)47-36/h12,18-37,40-45H,6-11,13-16H2,1-5H3/t18?,19-,20?,21-,22?,23+,24?,25?,26?,27+,28?,29-,30+,31+,32-,33+,34?,35-,36?,37+,38-,39+/m0/s1. The molecule has 1 spiro atoms. The Morgan fingerprint density at radius 3 is 2.33 bits per heavy atom. The number of hydrogen-bond acceptors (Lipinski definition) is 12. The molecule has 22 atom stereocenters. The van der Waals surface area contributed by atoms with Crippen molar-refractivity contribution in [2.45, 2.75) is 166 Å². The number of aliphatic hydroxyl groups is 6. The predicted octanol–water partition coefficient (Wildman–Crippen LogP) is 2.25. The first kappa shape index (κ1) is 37.2. The summed E-state index contributed by atoms with van der Waals surface area (Å²) in [4.78, 5) is 0. The van der Waals surface area contributed by atoms with Gasteiger partial charge in [0.2, 0.25) is 0 Å². The normalized spacial score (nSPS) is 57.9.